The highest BCUT2D eigenvalue weighted by molar-refractivity contribution is 5.34. The quantitative estimate of drug-likeness (QED) is 0.716. The lowest BCUT2D eigenvalue weighted by Gasteiger charge is -2.18. The van der Waals surface area contributed by atoms with Crippen molar-refractivity contribution < 1.29 is 0 Å². The molecule has 0 radical (unpaired) electrons. The molecule has 0 aromatic heterocycles. The van der Waals surface area contributed by atoms with Crippen molar-refractivity contribution in [3.63, 3.8) is 0 Å². The van der Waals surface area contributed by atoms with Gasteiger partial charge in [0, 0.05) is 12.0 Å². The zero-order valence-electron chi connectivity index (χ0n) is 9.30. The van der Waals surface area contributed by atoms with Crippen molar-refractivity contribution in [2.24, 2.45) is 0 Å². The second kappa shape index (κ2) is 3.74. The van der Waals surface area contributed by atoms with Crippen LogP contribution >= 0.6 is 0 Å². The Hall–Kier alpha value is -0.820. The van der Waals surface area contributed by atoms with Crippen molar-refractivity contribution in [2.45, 2.75) is 39.2 Å². The first-order valence-corrected chi connectivity index (χ1v) is 5.49. The second-order valence-electron chi connectivity index (χ2n) is 4.50. The van der Waals surface area contributed by atoms with E-state index in [2.05, 4.69) is 44.3 Å². The van der Waals surface area contributed by atoms with Crippen molar-refractivity contribution in [3.8, 4) is 0 Å². The Labute approximate surface area is 86.5 Å². The summed E-state index contributed by atoms with van der Waals surface area (Å²) in [5, 5.41) is 3.51. The molecule has 1 heterocycles. The second-order valence-corrected chi connectivity index (χ2v) is 4.50. The lowest BCUT2D eigenvalue weighted by atomic mass is 9.88. The molecule has 0 spiro atoms. The van der Waals surface area contributed by atoms with Gasteiger partial charge in [-0.05, 0) is 44.9 Å². The fourth-order valence-corrected chi connectivity index (χ4v) is 2.44. The maximum Gasteiger partial charge on any atom is 0.0108 e. The largest absolute Gasteiger partial charge is 0.314 e. The molecule has 76 valence electrons. The van der Waals surface area contributed by atoms with Crippen LogP contribution in [0.5, 0.6) is 0 Å². The molecular weight excluding hydrogens is 170 g/mol. The first-order valence-electron chi connectivity index (χ1n) is 5.49. The van der Waals surface area contributed by atoms with Crippen LogP contribution in [0.3, 0.4) is 0 Å². The predicted molar refractivity (Wildman–Crippen MR) is 60.7 cm³/mol. The summed E-state index contributed by atoms with van der Waals surface area (Å²) in [7, 11) is 0. The van der Waals surface area contributed by atoms with Gasteiger partial charge in [-0.1, -0.05) is 23.8 Å². The van der Waals surface area contributed by atoms with Gasteiger partial charge in [-0.15, -0.1) is 0 Å². The van der Waals surface area contributed by atoms with Gasteiger partial charge in [-0.25, -0.2) is 0 Å². The lowest BCUT2D eigenvalue weighted by molar-refractivity contribution is 0.592. The Morgan fingerprint density at radius 2 is 2.07 bits per heavy atom. The normalized spacial score (nSPS) is 26.8. The Morgan fingerprint density at radius 3 is 2.71 bits per heavy atom. The Kier molecular flexibility index (Phi) is 2.60. The molecule has 0 amide bonds. The van der Waals surface area contributed by atoms with Crippen LogP contribution in [-0.2, 0) is 0 Å². The van der Waals surface area contributed by atoms with E-state index in [4.69, 9.17) is 0 Å². The standard InChI is InChI=1S/C13H19N/c1-9-4-5-10(2)13(8-9)12-6-7-14-11(12)3/h4-5,8,11-12,14H,6-7H2,1-3H3. The molecule has 1 heteroatoms. The summed E-state index contributed by atoms with van der Waals surface area (Å²) in [5.41, 5.74) is 4.36. The molecule has 1 aliphatic rings. The summed E-state index contributed by atoms with van der Waals surface area (Å²) in [6, 6.07) is 7.43. The number of rotatable bonds is 1. The highest BCUT2D eigenvalue weighted by atomic mass is 14.9. The molecule has 0 aliphatic carbocycles. The number of hydrogen-bond acceptors (Lipinski definition) is 1. The van der Waals surface area contributed by atoms with E-state index in [1.165, 1.54) is 24.1 Å². The maximum absolute atomic E-state index is 3.51. The number of nitrogens with one attached hydrogen (secondary N) is 1. The van der Waals surface area contributed by atoms with Gasteiger partial charge in [0.15, 0.2) is 0 Å². The van der Waals surface area contributed by atoms with E-state index in [-0.39, 0.29) is 0 Å². The third-order valence-corrected chi connectivity index (χ3v) is 3.36. The molecule has 1 fully saturated rings. The molecule has 2 rings (SSSR count). The average molecular weight is 189 g/mol. The SMILES string of the molecule is Cc1ccc(C)c(C2CCNC2C)c1. The van der Waals surface area contributed by atoms with E-state index in [0.29, 0.717) is 6.04 Å². The molecule has 1 nitrogen and oxygen atoms in total. The molecule has 2 atom stereocenters. The fourth-order valence-electron chi connectivity index (χ4n) is 2.44. The molecule has 14 heavy (non-hydrogen) atoms. The van der Waals surface area contributed by atoms with Gasteiger partial charge < -0.3 is 5.32 Å². The van der Waals surface area contributed by atoms with Crippen molar-refractivity contribution in [2.75, 3.05) is 6.54 Å². The van der Waals surface area contributed by atoms with Crippen molar-refractivity contribution in [3.05, 3.63) is 34.9 Å². The van der Waals surface area contributed by atoms with Crippen LogP contribution in [-0.4, -0.2) is 12.6 Å². The maximum atomic E-state index is 3.51. The van der Waals surface area contributed by atoms with Gasteiger partial charge in [0.25, 0.3) is 0 Å². The zero-order valence-corrected chi connectivity index (χ0v) is 9.30. The number of hydrogen-bond donors (Lipinski definition) is 1. The zero-order chi connectivity index (χ0) is 10.1. The summed E-state index contributed by atoms with van der Waals surface area (Å²) in [6.45, 7) is 7.86. The van der Waals surface area contributed by atoms with E-state index in [9.17, 15) is 0 Å². The highest BCUT2D eigenvalue weighted by Crippen LogP contribution is 2.30. The molecule has 0 bridgehead atoms. The molecule has 1 saturated heterocycles. The van der Waals surface area contributed by atoms with E-state index in [0.717, 1.165) is 5.92 Å². The van der Waals surface area contributed by atoms with Gasteiger partial charge in [0.2, 0.25) is 0 Å². The summed E-state index contributed by atoms with van der Waals surface area (Å²) < 4.78 is 0. The van der Waals surface area contributed by atoms with Crippen LogP contribution in [0.25, 0.3) is 0 Å². The summed E-state index contributed by atoms with van der Waals surface area (Å²) in [6.07, 6.45) is 1.28. The van der Waals surface area contributed by atoms with Crippen LogP contribution in [0.1, 0.15) is 36.0 Å². The summed E-state index contributed by atoms with van der Waals surface area (Å²) in [4.78, 5) is 0. The monoisotopic (exact) mass is 189 g/mol. The molecular formula is C13H19N. The molecule has 1 aliphatic heterocycles. The number of benzene rings is 1. The van der Waals surface area contributed by atoms with Crippen LogP contribution in [0, 0.1) is 13.8 Å². The minimum atomic E-state index is 0.635. The van der Waals surface area contributed by atoms with E-state index in [1.807, 2.05) is 0 Å². The van der Waals surface area contributed by atoms with E-state index < -0.39 is 0 Å². The Balaban J connectivity index is 2.34. The first-order chi connectivity index (χ1) is 6.68. The lowest BCUT2D eigenvalue weighted by Crippen LogP contribution is -2.22. The van der Waals surface area contributed by atoms with Crippen LogP contribution in [0.2, 0.25) is 0 Å². The van der Waals surface area contributed by atoms with E-state index >= 15 is 0 Å². The number of aryl methyl sites for hydroxylation is 2. The van der Waals surface area contributed by atoms with Gasteiger partial charge >= 0.3 is 0 Å². The molecule has 1 N–H and O–H groups in total. The van der Waals surface area contributed by atoms with Crippen LogP contribution < -0.4 is 5.32 Å². The smallest absolute Gasteiger partial charge is 0.0108 e. The predicted octanol–water partition coefficient (Wildman–Crippen LogP) is 2.77. The van der Waals surface area contributed by atoms with E-state index in [1.54, 1.807) is 5.56 Å². The van der Waals surface area contributed by atoms with Crippen LogP contribution in [0.4, 0.5) is 0 Å². The Morgan fingerprint density at radius 1 is 1.29 bits per heavy atom. The van der Waals surface area contributed by atoms with Crippen molar-refractivity contribution in [1.29, 1.82) is 0 Å². The molecule has 1 aromatic carbocycles. The van der Waals surface area contributed by atoms with Gasteiger partial charge in [0.1, 0.15) is 0 Å². The van der Waals surface area contributed by atoms with Crippen molar-refractivity contribution in [1.82, 2.24) is 5.32 Å². The molecule has 0 saturated carbocycles. The van der Waals surface area contributed by atoms with Gasteiger partial charge in [0.05, 0.1) is 0 Å². The van der Waals surface area contributed by atoms with Gasteiger partial charge in [-0.3, -0.25) is 0 Å². The highest BCUT2D eigenvalue weighted by Gasteiger charge is 2.25. The summed E-state index contributed by atoms with van der Waals surface area (Å²) in [5.74, 6) is 0.717. The fraction of sp³-hybridized carbons (Fsp3) is 0.538. The third-order valence-electron chi connectivity index (χ3n) is 3.36. The topological polar surface area (TPSA) is 12.0 Å². The average Bonchev–Trinajstić information content (AvgIpc) is 2.56. The molecule has 1 aromatic rings. The minimum Gasteiger partial charge on any atom is -0.314 e. The minimum absolute atomic E-state index is 0.635. The first kappa shape index (κ1) is 9.72. The third kappa shape index (κ3) is 1.69. The Bertz CT molecular complexity index is 330. The van der Waals surface area contributed by atoms with Gasteiger partial charge in [-0.2, -0.15) is 0 Å². The van der Waals surface area contributed by atoms with Crippen molar-refractivity contribution >= 4 is 0 Å². The molecule has 2 unspecified atom stereocenters. The summed E-state index contributed by atoms with van der Waals surface area (Å²) >= 11 is 0. The van der Waals surface area contributed by atoms with Crippen LogP contribution in [0.15, 0.2) is 18.2 Å².